The van der Waals surface area contributed by atoms with Crippen LogP contribution in [0.3, 0.4) is 0 Å². The summed E-state index contributed by atoms with van der Waals surface area (Å²) in [6.07, 6.45) is 7.25. The molecule has 0 spiro atoms. The van der Waals surface area contributed by atoms with Gasteiger partial charge < -0.3 is 5.11 Å². The maximum absolute atomic E-state index is 12.1. The summed E-state index contributed by atoms with van der Waals surface area (Å²) < 4.78 is 0. The number of aliphatic carboxylic acids is 1. The summed E-state index contributed by atoms with van der Waals surface area (Å²) in [5.41, 5.74) is 2.23. The third kappa shape index (κ3) is 3.41. The van der Waals surface area contributed by atoms with Crippen molar-refractivity contribution in [3.05, 3.63) is 47.5 Å². The Balaban J connectivity index is 2.03. The molecule has 0 radical (unpaired) electrons. The van der Waals surface area contributed by atoms with E-state index in [0.717, 1.165) is 32.1 Å². The van der Waals surface area contributed by atoms with Gasteiger partial charge in [-0.2, -0.15) is 0 Å². The lowest BCUT2D eigenvalue weighted by Gasteiger charge is -2.54. The van der Waals surface area contributed by atoms with Crippen molar-refractivity contribution in [3.8, 4) is 0 Å². The number of hydrogen-bond acceptors (Lipinski definition) is 1. The molecule has 0 amide bonds. The van der Waals surface area contributed by atoms with Crippen LogP contribution in [0.1, 0.15) is 65.4 Å². The molecule has 4 unspecified atom stereocenters. The first-order chi connectivity index (χ1) is 11.8. The number of benzene rings is 1. The SMILES string of the molecule is CC(C)C/C=C1\C(C)CC2(c3ccccc3)CC1CC(C)(C(=O)O)C2. The van der Waals surface area contributed by atoms with Crippen molar-refractivity contribution < 1.29 is 9.90 Å². The second-order valence-electron chi connectivity index (χ2n) is 9.23. The van der Waals surface area contributed by atoms with Crippen molar-refractivity contribution in [1.82, 2.24) is 0 Å². The van der Waals surface area contributed by atoms with Gasteiger partial charge in [0.1, 0.15) is 0 Å². The van der Waals surface area contributed by atoms with Gasteiger partial charge in [-0.1, -0.05) is 62.8 Å². The zero-order valence-electron chi connectivity index (χ0n) is 16.1. The molecule has 0 aromatic heterocycles. The van der Waals surface area contributed by atoms with Crippen LogP contribution >= 0.6 is 0 Å². The zero-order chi connectivity index (χ0) is 18.2. The van der Waals surface area contributed by atoms with Gasteiger partial charge in [-0.3, -0.25) is 4.79 Å². The number of carboxylic acids is 1. The van der Waals surface area contributed by atoms with Gasteiger partial charge >= 0.3 is 5.97 Å². The molecule has 4 atom stereocenters. The van der Waals surface area contributed by atoms with Crippen LogP contribution in [0.2, 0.25) is 0 Å². The summed E-state index contributed by atoms with van der Waals surface area (Å²) in [4.78, 5) is 12.1. The highest BCUT2D eigenvalue weighted by molar-refractivity contribution is 5.75. The van der Waals surface area contributed by atoms with Crippen molar-refractivity contribution in [1.29, 1.82) is 0 Å². The van der Waals surface area contributed by atoms with E-state index >= 15 is 0 Å². The summed E-state index contributed by atoms with van der Waals surface area (Å²) in [7, 11) is 0. The predicted molar refractivity (Wildman–Crippen MR) is 103 cm³/mol. The van der Waals surface area contributed by atoms with E-state index in [9.17, 15) is 9.90 Å². The summed E-state index contributed by atoms with van der Waals surface area (Å²) in [6, 6.07) is 10.7. The second-order valence-corrected chi connectivity index (χ2v) is 9.23. The molecule has 0 aliphatic heterocycles. The number of fused-ring (bicyclic) bond motifs is 2. The van der Waals surface area contributed by atoms with Crippen molar-refractivity contribution >= 4 is 5.97 Å². The molecule has 2 nitrogen and oxygen atoms in total. The van der Waals surface area contributed by atoms with E-state index in [0.29, 0.717) is 17.8 Å². The number of allylic oxidation sites excluding steroid dienone is 2. The minimum Gasteiger partial charge on any atom is -0.481 e. The summed E-state index contributed by atoms with van der Waals surface area (Å²) >= 11 is 0. The lowest BCUT2D eigenvalue weighted by Crippen LogP contribution is -2.50. The Morgan fingerprint density at radius 1 is 1.24 bits per heavy atom. The molecule has 2 aliphatic rings. The van der Waals surface area contributed by atoms with E-state index in [1.807, 2.05) is 6.92 Å². The van der Waals surface area contributed by atoms with Gasteiger partial charge in [0, 0.05) is 0 Å². The Hall–Kier alpha value is -1.57. The van der Waals surface area contributed by atoms with Crippen LogP contribution in [0.4, 0.5) is 0 Å². The Bertz CT molecular complexity index is 656. The molecule has 0 saturated heterocycles. The second kappa shape index (κ2) is 6.63. The van der Waals surface area contributed by atoms with Crippen molar-refractivity contribution in [3.63, 3.8) is 0 Å². The Morgan fingerprint density at radius 2 is 1.92 bits per heavy atom. The van der Waals surface area contributed by atoms with Crippen molar-refractivity contribution in [2.75, 3.05) is 0 Å². The monoisotopic (exact) mass is 340 g/mol. The van der Waals surface area contributed by atoms with Crippen LogP contribution in [0.15, 0.2) is 42.0 Å². The highest BCUT2D eigenvalue weighted by atomic mass is 16.4. The summed E-state index contributed by atoms with van der Waals surface area (Å²) in [5, 5.41) is 9.96. The minimum atomic E-state index is -0.629. The average molecular weight is 341 g/mol. The fourth-order valence-corrected chi connectivity index (χ4v) is 5.51. The molecule has 2 aliphatic carbocycles. The number of carbonyl (C=O) groups is 1. The largest absolute Gasteiger partial charge is 0.481 e. The first-order valence-corrected chi connectivity index (χ1v) is 9.75. The molecular weight excluding hydrogens is 308 g/mol. The molecular formula is C23H32O2. The fourth-order valence-electron chi connectivity index (χ4n) is 5.51. The van der Waals surface area contributed by atoms with Crippen LogP contribution in [0.25, 0.3) is 0 Å². The van der Waals surface area contributed by atoms with Crippen LogP contribution in [0.5, 0.6) is 0 Å². The molecule has 2 fully saturated rings. The van der Waals surface area contributed by atoms with Crippen LogP contribution < -0.4 is 0 Å². The third-order valence-electron chi connectivity index (χ3n) is 6.53. The van der Waals surface area contributed by atoms with Gasteiger partial charge in [0.05, 0.1) is 5.41 Å². The van der Waals surface area contributed by atoms with Crippen molar-refractivity contribution in [2.45, 2.75) is 65.2 Å². The molecule has 1 aromatic rings. The van der Waals surface area contributed by atoms with E-state index in [2.05, 4.69) is 57.2 Å². The van der Waals surface area contributed by atoms with E-state index in [1.165, 1.54) is 11.1 Å². The summed E-state index contributed by atoms with van der Waals surface area (Å²) in [6.45, 7) is 8.82. The Morgan fingerprint density at radius 3 is 2.52 bits per heavy atom. The first-order valence-electron chi connectivity index (χ1n) is 9.75. The number of hydrogen-bond donors (Lipinski definition) is 1. The van der Waals surface area contributed by atoms with Gasteiger partial charge in [0.25, 0.3) is 0 Å². The normalized spacial score (nSPS) is 36.6. The van der Waals surface area contributed by atoms with Crippen molar-refractivity contribution in [2.24, 2.45) is 23.2 Å². The molecule has 0 heterocycles. The molecule has 2 bridgehead atoms. The van der Waals surface area contributed by atoms with Gasteiger partial charge in [0.2, 0.25) is 0 Å². The van der Waals surface area contributed by atoms with E-state index in [4.69, 9.17) is 0 Å². The van der Waals surface area contributed by atoms with E-state index in [-0.39, 0.29) is 5.41 Å². The standard InChI is InChI=1S/C23H32O2/c1-16(2)10-11-20-17(3)12-23(19-8-6-5-7-9-19)14-18(20)13-22(4,15-23)21(24)25/h5-9,11,16-18H,10,12-15H2,1-4H3,(H,24,25)/b20-11+. The summed E-state index contributed by atoms with van der Waals surface area (Å²) in [5.74, 6) is 0.957. The highest BCUT2D eigenvalue weighted by Crippen LogP contribution is 2.59. The highest BCUT2D eigenvalue weighted by Gasteiger charge is 2.54. The van der Waals surface area contributed by atoms with E-state index < -0.39 is 11.4 Å². The molecule has 2 saturated carbocycles. The Kier molecular flexibility index (Phi) is 4.83. The number of rotatable bonds is 4. The van der Waals surface area contributed by atoms with Gasteiger partial charge in [-0.05, 0) is 67.8 Å². The lowest BCUT2D eigenvalue weighted by atomic mass is 9.49. The molecule has 25 heavy (non-hydrogen) atoms. The maximum atomic E-state index is 12.1. The average Bonchev–Trinajstić information content (AvgIpc) is 2.54. The van der Waals surface area contributed by atoms with Crippen LogP contribution in [-0.4, -0.2) is 11.1 Å². The maximum Gasteiger partial charge on any atom is 0.309 e. The van der Waals surface area contributed by atoms with Crippen LogP contribution in [-0.2, 0) is 10.2 Å². The minimum absolute atomic E-state index is 0.00586. The molecule has 3 rings (SSSR count). The lowest BCUT2D eigenvalue weighted by molar-refractivity contribution is -0.153. The van der Waals surface area contributed by atoms with Crippen LogP contribution in [0, 0.1) is 23.2 Å². The van der Waals surface area contributed by atoms with Gasteiger partial charge in [-0.15, -0.1) is 0 Å². The smallest absolute Gasteiger partial charge is 0.309 e. The topological polar surface area (TPSA) is 37.3 Å². The number of carboxylic acid groups (broad SMARTS) is 1. The zero-order valence-corrected chi connectivity index (χ0v) is 16.1. The predicted octanol–water partition coefficient (Wildman–Crippen LogP) is 5.83. The fraction of sp³-hybridized carbons (Fsp3) is 0.609. The van der Waals surface area contributed by atoms with E-state index in [1.54, 1.807) is 0 Å². The van der Waals surface area contributed by atoms with Gasteiger partial charge in [-0.25, -0.2) is 0 Å². The third-order valence-corrected chi connectivity index (χ3v) is 6.53. The van der Waals surface area contributed by atoms with Gasteiger partial charge in [0.15, 0.2) is 0 Å². The molecule has 1 N–H and O–H groups in total. The molecule has 2 heteroatoms. The Labute approximate surface area is 152 Å². The molecule has 1 aromatic carbocycles. The quantitative estimate of drug-likeness (QED) is 0.700. The first kappa shape index (κ1) is 18.2. The molecule has 136 valence electrons.